The van der Waals surface area contributed by atoms with E-state index in [-0.39, 0.29) is 5.91 Å². The van der Waals surface area contributed by atoms with Crippen molar-refractivity contribution in [3.05, 3.63) is 36.2 Å². The molecule has 0 radical (unpaired) electrons. The molecule has 0 aliphatic heterocycles. The Labute approximate surface area is 216 Å². The Morgan fingerprint density at radius 2 is 2.03 bits per heavy atom. The first kappa shape index (κ1) is 27.3. The van der Waals surface area contributed by atoms with E-state index in [1.54, 1.807) is 54.2 Å². The molecule has 0 saturated heterocycles. The average Bonchev–Trinajstić information content (AvgIpc) is 3.32. The molecule has 2 amide bonds. The van der Waals surface area contributed by atoms with E-state index in [1.807, 2.05) is 18.2 Å². The number of ether oxygens (including phenoxy) is 1. The lowest BCUT2D eigenvalue weighted by Gasteiger charge is -2.28. The van der Waals surface area contributed by atoms with Gasteiger partial charge in [0.05, 0.1) is 23.5 Å². The molecular formula is C26H34N8O3. The predicted molar refractivity (Wildman–Crippen MR) is 144 cm³/mol. The van der Waals surface area contributed by atoms with Gasteiger partial charge in [0.1, 0.15) is 17.5 Å². The molecule has 0 unspecified atom stereocenters. The molecule has 2 aromatic heterocycles. The van der Waals surface area contributed by atoms with Gasteiger partial charge in [-0.25, -0.2) is 9.78 Å². The van der Waals surface area contributed by atoms with Crippen LogP contribution in [0.15, 0.2) is 30.6 Å². The lowest BCUT2D eigenvalue weighted by molar-refractivity contribution is -0.125. The SMILES string of the molecule is CNc1nc(Nc2ccc3[nH]ncc3c2)ncc1C#CCCCNC(=O)[C@H](C)N(C)C(=O)OC(C)(C)C. The van der Waals surface area contributed by atoms with E-state index in [0.29, 0.717) is 36.7 Å². The zero-order valence-electron chi connectivity index (χ0n) is 22.1. The van der Waals surface area contributed by atoms with Crippen LogP contribution in [0.5, 0.6) is 0 Å². The van der Waals surface area contributed by atoms with Crippen molar-refractivity contribution in [1.82, 2.24) is 30.4 Å². The fourth-order valence-electron chi connectivity index (χ4n) is 3.24. The third-order valence-corrected chi connectivity index (χ3v) is 5.36. The highest BCUT2D eigenvalue weighted by atomic mass is 16.6. The molecule has 0 aliphatic rings. The summed E-state index contributed by atoms with van der Waals surface area (Å²) >= 11 is 0. The molecule has 3 aromatic rings. The fraction of sp³-hybridized carbons (Fsp3) is 0.423. The lowest BCUT2D eigenvalue weighted by atomic mass is 10.2. The number of nitrogens with zero attached hydrogens (tertiary/aromatic N) is 4. The minimum absolute atomic E-state index is 0.248. The second-order valence-corrected chi connectivity index (χ2v) is 9.47. The molecule has 2 heterocycles. The van der Waals surface area contributed by atoms with Crippen LogP contribution in [0.1, 0.15) is 46.1 Å². The molecule has 37 heavy (non-hydrogen) atoms. The van der Waals surface area contributed by atoms with Crippen LogP contribution in [0.2, 0.25) is 0 Å². The summed E-state index contributed by atoms with van der Waals surface area (Å²) in [5.41, 5.74) is 1.86. The summed E-state index contributed by atoms with van der Waals surface area (Å²) in [6, 6.07) is 5.17. The predicted octanol–water partition coefficient (Wildman–Crippen LogP) is 3.64. The van der Waals surface area contributed by atoms with Crippen LogP contribution in [-0.2, 0) is 9.53 Å². The van der Waals surface area contributed by atoms with E-state index >= 15 is 0 Å². The maximum Gasteiger partial charge on any atom is 0.410 e. The number of aromatic amines is 1. The minimum atomic E-state index is -0.648. The molecule has 4 N–H and O–H groups in total. The van der Waals surface area contributed by atoms with E-state index in [1.165, 1.54) is 4.90 Å². The molecule has 0 saturated carbocycles. The number of carbonyl (C=O) groups excluding carboxylic acids is 2. The second kappa shape index (κ2) is 12.1. The standard InChI is InChI=1S/C26H34N8O3/c1-17(34(6)25(36)37-26(2,3)4)23(35)28-13-9-7-8-10-18-15-29-24(32-22(18)27-5)31-20-11-12-21-19(14-20)16-30-33-21/h11-12,14-17H,7,9,13H2,1-6H3,(H,28,35)(H,30,33)(H2,27,29,31,32)/t17-/m0/s1. The van der Waals surface area contributed by atoms with Crippen molar-refractivity contribution in [1.29, 1.82) is 0 Å². The summed E-state index contributed by atoms with van der Waals surface area (Å²) in [7, 11) is 3.32. The Kier molecular flexibility index (Phi) is 8.90. The minimum Gasteiger partial charge on any atom is -0.444 e. The number of fused-ring (bicyclic) bond motifs is 1. The molecule has 0 bridgehead atoms. The Balaban J connectivity index is 1.47. The molecule has 11 nitrogen and oxygen atoms in total. The maximum absolute atomic E-state index is 12.4. The highest BCUT2D eigenvalue weighted by Crippen LogP contribution is 2.20. The number of nitrogens with one attached hydrogen (secondary N) is 4. The third kappa shape index (κ3) is 7.83. The van der Waals surface area contributed by atoms with Crippen molar-refractivity contribution in [2.75, 3.05) is 31.3 Å². The van der Waals surface area contributed by atoms with E-state index in [9.17, 15) is 9.59 Å². The number of rotatable bonds is 8. The number of H-pyrrole nitrogens is 1. The maximum atomic E-state index is 12.4. The fourth-order valence-corrected chi connectivity index (χ4v) is 3.24. The van der Waals surface area contributed by atoms with Crippen LogP contribution in [0, 0.1) is 11.8 Å². The Hall–Kier alpha value is -4.33. The highest BCUT2D eigenvalue weighted by Gasteiger charge is 2.26. The van der Waals surface area contributed by atoms with E-state index in [2.05, 4.69) is 48.0 Å². The van der Waals surface area contributed by atoms with Gasteiger partial charge in [0, 0.05) is 38.1 Å². The molecule has 0 spiro atoms. The number of aromatic nitrogens is 4. The first-order valence-electron chi connectivity index (χ1n) is 12.0. The third-order valence-electron chi connectivity index (χ3n) is 5.36. The average molecular weight is 507 g/mol. The van der Waals surface area contributed by atoms with E-state index in [4.69, 9.17) is 4.74 Å². The number of amides is 2. The van der Waals surface area contributed by atoms with Crippen molar-refractivity contribution < 1.29 is 14.3 Å². The Bertz CT molecular complexity index is 1300. The van der Waals surface area contributed by atoms with Gasteiger partial charge >= 0.3 is 6.09 Å². The van der Waals surface area contributed by atoms with Gasteiger partial charge in [-0.3, -0.25) is 14.8 Å². The molecule has 0 fully saturated rings. The number of carbonyl (C=O) groups is 2. The first-order valence-corrected chi connectivity index (χ1v) is 12.0. The normalized spacial score (nSPS) is 11.7. The first-order chi connectivity index (χ1) is 17.6. The van der Waals surface area contributed by atoms with Crippen molar-refractivity contribution >= 4 is 40.4 Å². The van der Waals surface area contributed by atoms with Crippen LogP contribution in [0.25, 0.3) is 10.9 Å². The Morgan fingerprint density at radius 1 is 1.24 bits per heavy atom. The second-order valence-electron chi connectivity index (χ2n) is 9.47. The summed E-state index contributed by atoms with van der Waals surface area (Å²) < 4.78 is 5.30. The number of hydrogen-bond acceptors (Lipinski definition) is 8. The largest absolute Gasteiger partial charge is 0.444 e. The van der Waals surface area contributed by atoms with Crippen LogP contribution in [0.4, 0.5) is 22.2 Å². The van der Waals surface area contributed by atoms with E-state index < -0.39 is 17.7 Å². The van der Waals surface area contributed by atoms with Crippen molar-refractivity contribution in [2.24, 2.45) is 0 Å². The topological polar surface area (TPSA) is 137 Å². The monoisotopic (exact) mass is 506 g/mol. The molecular weight excluding hydrogens is 472 g/mol. The molecule has 11 heteroatoms. The molecule has 3 rings (SSSR count). The number of unbranched alkanes of at least 4 members (excludes halogenated alkanes) is 1. The quantitative estimate of drug-likeness (QED) is 0.268. The van der Waals surface area contributed by atoms with Gasteiger partial charge < -0.3 is 20.7 Å². The van der Waals surface area contributed by atoms with Gasteiger partial charge in [0.2, 0.25) is 11.9 Å². The summed E-state index contributed by atoms with van der Waals surface area (Å²) in [4.78, 5) is 34.7. The van der Waals surface area contributed by atoms with Gasteiger partial charge in [0.25, 0.3) is 0 Å². The van der Waals surface area contributed by atoms with Crippen molar-refractivity contribution in [2.45, 2.75) is 52.2 Å². The summed E-state index contributed by atoms with van der Waals surface area (Å²) in [6.07, 6.45) is 4.12. The number of hydrogen-bond donors (Lipinski definition) is 4. The van der Waals surface area contributed by atoms with Crippen LogP contribution in [0.3, 0.4) is 0 Å². The van der Waals surface area contributed by atoms with Crippen LogP contribution in [-0.4, -0.2) is 69.3 Å². The Morgan fingerprint density at radius 3 is 2.76 bits per heavy atom. The molecule has 196 valence electrons. The van der Waals surface area contributed by atoms with Crippen LogP contribution < -0.4 is 16.0 Å². The van der Waals surface area contributed by atoms with Crippen molar-refractivity contribution in [3.63, 3.8) is 0 Å². The highest BCUT2D eigenvalue weighted by molar-refractivity contribution is 5.85. The summed E-state index contributed by atoms with van der Waals surface area (Å²) in [5, 5.41) is 17.0. The number of benzene rings is 1. The van der Waals surface area contributed by atoms with Gasteiger partial charge in [-0.2, -0.15) is 10.1 Å². The summed E-state index contributed by atoms with van der Waals surface area (Å²) in [6.45, 7) is 7.45. The number of likely N-dealkylation sites (N-methyl/N-ethyl adjacent to an activating group) is 1. The van der Waals surface area contributed by atoms with Crippen molar-refractivity contribution in [3.8, 4) is 11.8 Å². The molecule has 0 aliphatic carbocycles. The van der Waals surface area contributed by atoms with E-state index in [0.717, 1.165) is 16.6 Å². The summed E-state index contributed by atoms with van der Waals surface area (Å²) in [5.74, 6) is 6.99. The molecule has 1 atom stereocenters. The lowest BCUT2D eigenvalue weighted by Crippen LogP contribution is -2.47. The zero-order valence-corrected chi connectivity index (χ0v) is 22.1. The van der Waals surface area contributed by atoms with Crippen LogP contribution >= 0.6 is 0 Å². The number of anilines is 3. The van der Waals surface area contributed by atoms with Gasteiger partial charge in [0.15, 0.2) is 0 Å². The van der Waals surface area contributed by atoms with Gasteiger partial charge in [-0.15, -0.1) is 0 Å². The van der Waals surface area contributed by atoms with Gasteiger partial charge in [-0.05, 0) is 52.3 Å². The van der Waals surface area contributed by atoms with Gasteiger partial charge in [-0.1, -0.05) is 11.8 Å². The molecule has 1 aromatic carbocycles. The zero-order chi connectivity index (χ0) is 27.0. The smallest absolute Gasteiger partial charge is 0.410 e.